The molecule has 2 N–H and O–H groups in total. The van der Waals surface area contributed by atoms with E-state index in [0.29, 0.717) is 6.04 Å². The van der Waals surface area contributed by atoms with E-state index in [4.69, 9.17) is 4.99 Å². The molecule has 1 aromatic heterocycles. The van der Waals surface area contributed by atoms with Gasteiger partial charge in [0.15, 0.2) is 5.96 Å². The van der Waals surface area contributed by atoms with Crippen LogP contribution in [0.15, 0.2) is 29.3 Å². The largest absolute Gasteiger partial charge is 0.357 e. The van der Waals surface area contributed by atoms with Gasteiger partial charge < -0.3 is 15.2 Å². The Bertz CT molecular complexity index is 730. The number of imidazole rings is 1. The van der Waals surface area contributed by atoms with Gasteiger partial charge in [-0.3, -0.25) is 4.99 Å². The summed E-state index contributed by atoms with van der Waals surface area (Å²) < 4.78 is 2.25. The van der Waals surface area contributed by atoms with E-state index in [9.17, 15) is 0 Å². The van der Waals surface area contributed by atoms with Crippen LogP contribution in [0.4, 0.5) is 0 Å². The Balaban J connectivity index is 0.00000243. The van der Waals surface area contributed by atoms with Gasteiger partial charge in [0.05, 0.1) is 17.6 Å². The Morgan fingerprint density at radius 3 is 2.88 bits per heavy atom. The lowest BCUT2D eigenvalue weighted by Crippen LogP contribution is -2.42. The molecule has 2 atom stereocenters. The molecule has 1 aromatic carbocycles. The molecule has 0 amide bonds. The average molecular weight is 487 g/mol. The van der Waals surface area contributed by atoms with Crippen LogP contribution in [0.5, 0.6) is 0 Å². The third kappa shape index (κ3) is 5.28. The molecule has 5 nitrogen and oxygen atoms in total. The normalized spacial score (nSPS) is 20.2. The number of hydrogen-bond donors (Lipinski definition) is 2. The van der Waals surface area contributed by atoms with Gasteiger partial charge in [0.1, 0.15) is 5.82 Å². The number of thioether (sulfide) groups is 1. The van der Waals surface area contributed by atoms with Crippen molar-refractivity contribution >= 4 is 52.7 Å². The summed E-state index contributed by atoms with van der Waals surface area (Å²) >= 11 is 1.98. The van der Waals surface area contributed by atoms with Crippen molar-refractivity contribution in [3.63, 3.8) is 0 Å². The smallest absolute Gasteiger partial charge is 0.191 e. The number of nitrogens with zero attached hydrogens (tertiary/aromatic N) is 3. The minimum absolute atomic E-state index is 0. The van der Waals surface area contributed by atoms with Crippen LogP contribution in [0, 0.1) is 6.92 Å². The lowest BCUT2D eigenvalue weighted by Gasteiger charge is -2.17. The Kier molecular flexibility index (Phi) is 8.53. The quantitative estimate of drug-likeness (QED) is 0.370. The Labute approximate surface area is 177 Å². The molecule has 1 fully saturated rings. The van der Waals surface area contributed by atoms with E-state index in [-0.39, 0.29) is 24.0 Å². The predicted molar refractivity (Wildman–Crippen MR) is 124 cm³/mol. The predicted octanol–water partition coefficient (Wildman–Crippen LogP) is 3.80. The van der Waals surface area contributed by atoms with E-state index >= 15 is 0 Å². The van der Waals surface area contributed by atoms with Crippen molar-refractivity contribution in [2.45, 2.75) is 50.9 Å². The minimum atomic E-state index is 0. The summed E-state index contributed by atoms with van der Waals surface area (Å²) in [5, 5.41) is 7.79. The van der Waals surface area contributed by atoms with Gasteiger partial charge >= 0.3 is 0 Å². The van der Waals surface area contributed by atoms with Crippen molar-refractivity contribution in [1.29, 1.82) is 0 Å². The van der Waals surface area contributed by atoms with Crippen LogP contribution in [-0.2, 0) is 6.54 Å². The summed E-state index contributed by atoms with van der Waals surface area (Å²) in [6, 6.07) is 8.84. The second kappa shape index (κ2) is 10.4. The van der Waals surface area contributed by atoms with Gasteiger partial charge in [-0.1, -0.05) is 12.1 Å². The highest BCUT2D eigenvalue weighted by Gasteiger charge is 2.24. The van der Waals surface area contributed by atoms with Crippen LogP contribution in [0.1, 0.15) is 32.0 Å². The molecule has 0 bridgehead atoms. The highest BCUT2D eigenvalue weighted by atomic mass is 127. The summed E-state index contributed by atoms with van der Waals surface area (Å²) in [5.74, 6) is 1.99. The number of aliphatic imine (C=N–C) groups is 1. The van der Waals surface area contributed by atoms with E-state index < -0.39 is 0 Å². The average Bonchev–Trinajstić information content (AvgIpc) is 3.19. The van der Waals surface area contributed by atoms with Crippen molar-refractivity contribution in [3.8, 4) is 0 Å². The molecule has 0 radical (unpaired) electrons. The number of aryl methyl sites for hydroxylation is 1. The van der Waals surface area contributed by atoms with Crippen molar-refractivity contribution in [3.05, 3.63) is 30.1 Å². The second-order valence-electron chi connectivity index (χ2n) is 6.57. The maximum Gasteiger partial charge on any atom is 0.191 e. The van der Waals surface area contributed by atoms with Crippen LogP contribution in [0.3, 0.4) is 0 Å². The molecule has 1 aliphatic carbocycles. The summed E-state index contributed by atoms with van der Waals surface area (Å²) in [6.07, 6.45) is 5.99. The van der Waals surface area contributed by atoms with Crippen LogP contribution < -0.4 is 10.6 Å². The fraction of sp³-hybridized carbons (Fsp3) is 0.579. The van der Waals surface area contributed by atoms with Gasteiger partial charge in [0.25, 0.3) is 0 Å². The number of rotatable bonds is 6. The third-order valence-corrected chi connectivity index (χ3v) is 5.94. The molecule has 7 heteroatoms. The monoisotopic (exact) mass is 487 g/mol. The highest BCUT2D eigenvalue weighted by molar-refractivity contribution is 14.0. The summed E-state index contributed by atoms with van der Waals surface area (Å²) in [6.45, 7) is 6.66. The molecule has 1 saturated carbocycles. The molecule has 0 spiro atoms. The topological polar surface area (TPSA) is 54.2 Å². The first kappa shape index (κ1) is 21.3. The molecular weight excluding hydrogens is 457 g/mol. The van der Waals surface area contributed by atoms with E-state index in [1.165, 1.54) is 24.8 Å². The second-order valence-corrected chi connectivity index (χ2v) is 7.71. The molecule has 0 aliphatic heterocycles. The van der Waals surface area contributed by atoms with Crippen molar-refractivity contribution in [2.24, 2.45) is 4.99 Å². The third-order valence-electron chi connectivity index (χ3n) is 4.84. The molecule has 3 rings (SSSR count). The minimum Gasteiger partial charge on any atom is -0.357 e. The lowest BCUT2D eigenvalue weighted by atomic mass is 10.2. The molecule has 2 aromatic rings. The molecule has 1 aliphatic rings. The molecule has 1 heterocycles. The lowest BCUT2D eigenvalue weighted by molar-refractivity contribution is 0.611. The van der Waals surface area contributed by atoms with E-state index in [0.717, 1.165) is 42.2 Å². The number of aromatic nitrogens is 2. The molecule has 2 unspecified atom stereocenters. The van der Waals surface area contributed by atoms with Crippen LogP contribution in [0.25, 0.3) is 11.0 Å². The van der Waals surface area contributed by atoms with Gasteiger partial charge in [0.2, 0.25) is 0 Å². The summed E-state index contributed by atoms with van der Waals surface area (Å²) in [4.78, 5) is 9.42. The van der Waals surface area contributed by atoms with Gasteiger partial charge in [-0.2, -0.15) is 11.8 Å². The number of halogens is 1. The zero-order valence-electron chi connectivity index (χ0n) is 15.9. The highest BCUT2D eigenvalue weighted by Crippen LogP contribution is 2.28. The van der Waals surface area contributed by atoms with E-state index in [1.54, 1.807) is 0 Å². The van der Waals surface area contributed by atoms with E-state index in [1.807, 2.05) is 17.8 Å². The Hall–Kier alpha value is -0.960. The number of hydrogen-bond acceptors (Lipinski definition) is 3. The molecule has 0 saturated heterocycles. The van der Waals surface area contributed by atoms with Crippen molar-refractivity contribution < 1.29 is 0 Å². The Morgan fingerprint density at radius 2 is 2.15 bits per heavy atom. The van der Waals surface area contributed by atoms with Gasteiger partial charge in [-0.05, 0) is 51.5 Å². The SMILES string of the molecule is CCNC(=NCCn1c(C)nc2ccccc21)NC1CCC(SC)C1.I. The molecule has 144 valence electrons. The maximum absolute atomic E-state index is 4.79. The first-order valence-corrected chi connectivity index (χ1v) is 10.5. The maximum atomic E-state index is 4.79. The standard InChI is InChI=1S/C19H29N5S.HI/c1-4-20-19(23-15-9-10-16(13-15)25-3)21-11-12-24-14(2)22-17-7-5-6-8-18(17)24;/h5-8,15-16H,4,9-13H2,1-3H3,(H2,20,21,23);1H. The Morgan fingerprint density at radius 1 is 1.35 bits per heavy atom. The van der Waals surface area contributed by atoms with Gasteiger partial charge in [0, 0.05) is 24.4 Å². The number of para-hydroxylation sites is 2. The number of fused-ring (bicyclic) bond motifs is 1. The van der Waals surface area contributed by atoms with Gasteiger partial charge in [-0.15, -0.1) is 24.0 Å². The number of benzene rings is 1. The van der Waals surface area contributed by atoms with Crippen LogP contribution >= 0.6 is 35.7 Å². The number of guanidine groups is 1. The first-order chi connectivity index (χ1) is 12.2. The summed E-state index contributed by atoms with van der Waals surface area (Å²) in [7, 11) is 0. The van der Waals surface area contributed by atoms with Crippen LogP contribution in [-0.4, -0.2) is 46.1 Å². The number of nitrogens with one attached hydrogen (secondary N) is 2. The van der Waals surface area contributed by atoms with Crippen molar-refractivity contribution in [1.82, 2.24) is 20.2 Å². The fourth-order valence-corrected chi connectivity index (χ4v) is 4.34. The zero-order chi connectivity index (χ0) is 17.6. The fourth-order valence-electron chi connectivity index (χ4n) is 3.54. The zero-order valence-corrected chi connectivity index (χ0v) is 19.0. The van der Waals surface area contributed by atoms with Gasteiger partial charge in [-0.25, -0.2) is 4.98 Å². The first-order valence-electron chi connectivity index (χ1n) is 9.20. The van der Waals surface area contributed by atoms with Crippen molar-refractivity contribution in [2.75, 3.05) is 19.3 Å². The van der Waals surface area contributed by atoms with Crippen LogP contribution in [0.2, 0.25) is 0 Å². The summed E-state index contributed by atoms with van der Waals surface area (Å²) in [5.41, 5.74) is 2.25. The van der Waals surface area contributed by atoms with E-state index in [2.05, 4.69) is 58.5 Å². The molecular formula is C19H30IN5S. The molecule has 26 heavy (non-hydrogen) atoms.